The van der Waals surface area contributed by atoms with Crippen LogP contribution in [0.4, 0.5) is 10.7 Å². The molecule has 6 heteroatoms. The fourth-order valence-corrected chi connectivity index (χ4v) is 3.01. The fourth-order valence-electron chi connectivity index (χ4n) is 2.19. The third kappa shape index (κ3) is 3.32. The van der Waals surface area contributed by atoms with Gasteiger partial charge >= 0.3 is 0 Å². The van der Waals surface area contributed by atoms with Crippen LogP contribution in [0.15, 0.2) is 51.8 Å². The summed E-state index contributed by atoms with van der Waals surface area (Å²) < 4.78 is 5.60. The number of imide groups is 1. The first-order chi connectivity index (χ1) is 11.0. The molecule has 1 fully saturated rings. The van der Waals surface area contributed by atoms with Crippen molar-refractivity contribution >= 4 is 34.9 Å². The molecule has 0 unspecified atom stereocenters. The maximum atomic E-state index is 12.4. The molecule has 1 aromatic carbocycles. The second-order valence-electron chi connectivity index (χ2n) is 5.32. The normalized spacial score (nSPS) is 16.4. The molecule has 1 saturated heterocycles. The van der Waals surface area contributed by atoms with E-state index in [1.807, 2.05) is 55.4 Å². The quantitative estimate of drug-likeness (QED) is 0.803. The lowest BCUT2D eigenvalue weighted by atomic mass is 10.2. The summed E-state index contributed by atoms with van der Waals surface area (Å²) in [7, 11) is 3.74. The minimum absolute atomic E-state index is 0.260. The number of benzene rings is 1. The summed E-state index contributed by atoms with van der Waals surface area (Å²) in [5, 5.41) is -0.260. The predicted molar refractivity (Wildman–Crippen MR) is 91.0 cm³/mol. The van der Waals surface area contributed by atoms with Crippen LogP contribution in [-0.2, 0) is 11.3 Å². The van der Waals surface area contributed by atoms with E-state index in [1.54, 1.807) is 12.1 Å². The molecule has 2 heterocycles. The van der Waals surface area contributed by atoms with Crippen molar-refractivity contribution in [2.75, 3.05) is 19.0 Å². The van der Waals surface area contributed by atoms with Crippen LogP contribution in [0.1, 0.15) is 11.3 Å². The number of rotatable bonds is 4. The number of amides is 2. The molecule has 0 N–H and O–H groups in total. The van der Waals surface area contributed by atoms with E-state index in [0.29, 0.717) is 16.5 Å². The van der Waals surface area contributed by atoms with Gasteiger partial charge in [0, 0.05) is 26.2 Å². The summed E-state index contributed by atoms with van der Waals surface area (Å²) in [6.45, 7) is 0.282. The fraction of sp³-hybridized carbons (Fsp3) is 0.176. The Morgan fingerprint density at radius 2 is 1.87 bits per heavy atom. The first kappa shape index (κ1) is 15.4. The third-order valence-electron chi connectivity index (χ3n) is 3.38. The highest BCUT2D eigenvalue weighted by Gasteiger charge is 2.35. The molecule has 23 heavy (non-hydrogen) atoms. The van der Waals surface area contributed by atoms with E-state index in [-0.39, 0.29) is 17.7 Å². The Morgan fingerprint density at radius 1 is 1.13 bits per heavy atom. The predicted octanol–water partition coefficient (Wildman–Crippen LogP) is 3.58. The maximum absolute atomic E-state index is 12.4. The molecular weight excluding hydrogens is 312 g/mol. The molecular formula is C17H16N2O3S. The van der Waals surface area contributed by atoms with E-state index < -0.39 is 0 Å². The SMILES string of the molecule is CN(C)c1ccc(/C=C2\SC(=O)N(Cc3ccccc3)C2=O)o1. The minimum atomic E-state index is -0.286. The summed E-state index contributed by atoms with van der Waals surface area (Å²) in [6.07, 6.45) is 1.61. The van der Waals surface area contributed by atoms with Crippen molar-refractivity contribution in [2.45, 2.75) is 6.54 Å². The largest absolute Gasteiger partial charge is 0.441 e. The number of anilines is 1. The molecule has 0 saturated carbocycles. The van der Waals surface area contributed by atoms with E-state index >= 15 is 0 Å². The van der Waals surface area contributed by atoms with Crippen molar-refractivity contribution in [3.63, 3.8) is 0 Å². The highest BCUT2D eigenvalue weighted by Crippen LogP contribution is 2.33. The van der Waals surface area contributed by atoms with Gasteiger partial charge in [0.2, 0.25) is 0 Å². The Balaban J connectivity index is 1.78. The van der Waals surface area contributed by atoms with Gasteiger partial charge in [-0.15, -0.1) is 0 Å². The van der Waals surface area contributed by atoms with Crippen LogP contribution in [0.2, 0.25) is 0 Å². The van der Waals surface area contributed by atoms with Gasteiger partial charge in [-0.05, 0) is 23.4 Å². The van der Waals surface area contributed by atoms with Crippen LogP contribution in [-0.4, -0.2) is 30.1 Å². The Kier molecular flexibility index (Phi) is 4.25. The average Bonchev–Trinajstić information content (AvgIpc) is 3.10. The summed E-state index contributed by atoms with van der Waals surface area (Å²) in [5.74, 6) is 0.963. The van der Waals surface area contributed by atoms with Crippen LogP contribution in [0, 0.1) is 0 Å². The van der Waals surface area contributed by atoms with Crippen molar-refractivity contribution in [2.24, 2.45) is 0 Å². The Bertz CT molecular complexity index is 765. The molecule has 3 rings (SSSR count). The van der Waals surface area contributed by atoms with E-state index in [2.05, 4.69) is 0 Å². The Morgan fingerprint density at radius 3 is 2.52 bits per heavy atom. The first-order valence-corrected chi connectivity index (χ1v) is 7.92. The van der Waals surface area contributed by atoms with Crippen molar-refractivity contribution in [3.8, 4) is 0 Å². The van der Waals surface area contributed by atoms with Gasteiger partial charge in [0.15, 0.2) is 5.88 Å². The van der Waals surface area contributed by atoms with E-state index in [9.17, 15) is 9.59 Å². The topological polar surface area (TPSA) is 53.8 Å². The van der Waals surface area contributed by atoms with Gasteiger partial charge in [0.25, 0.3) is 11.1 Å². The summed E-state index contributed by atoms with van der Waals surface area (Å²) in [4.78, 5) is 28.0. The molecule has 0 atom stereocenters. The van der Waals surface area contributed by atoms with Gasteiger partial charge < -0.3 is 9.32 Å². The highest BCUT2D eigenvalue weighted by molar-refractivity contribution is 8.18. The standard InChI is InChI=1S/C17H16N2O3S/c1-18(2)15-9-8-13(22-15)10-14-16(20)19(17(21)23-14)11-12-6-4-3-5-7-12/h3-10H,11H2,1-2H3/b14-10-. The monoisotopic (exact) mass is 328 g/mol. The van der Waals surface area contributed by atoms with Crippen LogP contribution < -0.4 is 4.90 Å². The maximum Gasteiger partial charge on any atom is 0.293 e. The zero-order valence-corrected chi connectivity index (χ0v) is 13.7. The lowest BCUT2D eigenvalue weighted by Gasteiger charge is -2.11. The lowest BCUT2D eigenvalue weighted by Crippen LogP contribution is -2.27. The number of carbonyl (C=O) groups excluding carboxylic acids is 2. The molecule has 2 aromatic rings. The Labute approximate surface area is 138 Å². The summed E-state index contributed by atoms with van der Waals surface area (Å²) >= 11 is 0.938. The molecule has 0 bridgehead atoms. The van der Waals surface area contributed by atoms with Gasteiger partial charge in [-0.25, -0.2) is 0 Å². The molecule has 5 nitrogen and oxygen atoms in total. The number of hydrogen-bond acceptors (Lipinski definition) is 5. The highest BCUT2D eigenvalue weighted by atomic mass is 32.2. The number of thioether (sulfide) groups is 1. The third-order valence-corrected chi connectivity index (χ3v) is 4.29. The van der Waals surface area contributed by atoms with Crippen LogP contribution >= 0.6 is 11.8 Å². The zero-order chi connectivity index (χ0) is 16.4. The van der Waals surface area contributed by atoms with Gasteiger partial charge in [-0.1, -0.05) is 30.3 Å². The van der Waals surface area contributed by atoms with Crippen molar-refractivity contribution < 1.29 is 14.0 Å². The van der Waals surface area contributed by atoms with Gasteiger partial charge in [0.1, 0.15) is 5.76 Å². The summed E-state index contributed by atoms with van der Waals surface area (Å²) in [5.41, 5.74) is 0.920. The van der Waals surface area contributed by atoms with Gasteiger partial charge in [-0.2, -0.15) is 0 Å². The van der Waals surface area contributed by atoms with E-state index in [1.165, 1.54) is 4.90 Å². The lowest BCUT2D eigenvalue weighted by molar-refractivity contribution is -0.123. The number of hydrogen-bond donors (Lipinski definition) is 0. The molecule has 0 radical (unpaired) electrons. The minimum Gasteiger partial charge on any atom is -0.441 e. The molecule has 118 valence electrons. The van der Waals surface area contributed by atoms with E-state index in [0.717, 1.165) is 17.3 Å². The molecule has 1 aromatic heterocycles. The molecule has 0 aliphatic carbocycles. The Hall–Kier alpha value is -2.47. The summed E-state index contributed by atoms with van der Waals surface area (Å²) in [6, 6.07) is 13.0. The number of furan rings is 1. The molecule has 1 aliphatic heterocycles. The zero-order valence-electron chi connectivity index (χ0n) is 12.9. The average molecular weight is 328 g/mol. The van der Waals surface area contributed by atoms with Gasteiger partial charge in [-0.3, -0.25) is 14.5 Å². The van der Waals surface area contributed by atoms with E-state index in [4.69, 9.17) is 4.42 Å². The van der Waals surface area contributed by atoms with Crippen LogP contribution in [0.5, 0.6) is 0 Å². The smallest absolute Gasteiger partial charge is 0.293 e. The van der Waals surface area contributed by atoms with Gasteiger partial charge in [0.05, 0.1) is 11.4 Å². The van der Waals surface area contributed by atoms with Crippen LogP contribution in [0.25, 0.3) is 6.08 Å². The van der Waals surface area contributed by atoms with Crippen molar-refractivity contribution in [1.82, 2.24) is 4.90 Å². The second kappa shape index (κ2) is 6.34. The second-order valence-corrected chi connectivity index (χ2v) is 6.32. The number of carbonyl (C=O) groups is 2. The van der Waals surface area contributed by atoms with Crippen molar-refractivity contribution in [3.05, 3.63) is 58.7 Å². The molecule has 0 spiro atoms. The molecule has 2 amide bonds. The van der Waals surface area contributed by atoms with Crippen LogP contribution in [0.3, 0.4) is 0 Å². The number of nitrogens with zero attached hydrogens (tertiary/aromatic N) is 2. The van der Waals surface area contributed by atoms with Crippen molar-refractivity contribution in [1.29, 1.82) is 0 Å². The first-order valence-electron chi connectivity index (χ1n) is 7.11. The molecule has 1 aliphatic rings.